The summed E-state index contributed by atoms with van der Waals surface area (Å²) in [5, 5.41) is 0. The molecule has 2 amide bonds. The molecule has 0 spiro atoms. The molecule has 0 aromatic rings. The summed E-state index contributed by atoms with van der Waals surface area (Å²) in [5.41, 5.74) is 6.54. The first-order valence-electron chi connectivity index (χ1n) is 4.98. The maximum Gasteiger partial charge on any atom is 0.314 e. The molecule has 0 radical (unpaired) electrons. The van der Waals surface area contributed by atoms with Gasteiger partial charge in [-0.3, -0.25) is 4.99 Å². The molecule has 1 rings (SSSR count). The van der Waals surface area contributed by atoms with Crippen molar-refractivity contribution >= 4 is 11.7 Å². The monoisotopic (exact) mass is 197 g/mol. The van der Waals surface area contributed by atoms with E-state index in [0.29, 0.717) is 0 Å². The van der Waals surface area contributed by atoms with Gasteiger partial charge in [0.2, 0.25) is 0 Å². The van der Waals surface area contributed by atoms with E-state index in [1.54, 1.807) is 4.90 Å². The molecule has 0 aromatic heterocycles. The lowest BCUT2D eigenvalue weighted by Gasteiger charge is -2.38. The van der Waals surface area contributed by atoms with E-state index in [0.717, 1.165) is 25.9 Å². The van der Waals surface area contributed by atoms with Crippen molar-refractivity contribution in [2.24, 2.45) is 16.1 Å². The summed E-state index contributed by atoms with van der Waals surface area (Å²) in [6, 6.07) is -0.307. The predicted molar refractivity (Wildman–Crippen MR) is 57.5 cm³/mol. The summed E-state index contributed by atoms with van der Waals surface area (Å²) in [6.07, 6.45) is 1.91. The van der Waals surface area contributed by atoms with E-state index in [-0.39, 0.29) is 11.4 Å². The van der Waals surface area contributed by atoms with Gasteiger partial charge in [0.25, 0.3) is 0 Å². The maximum atomic E-state index is 10.9. The lowest BCUT2D eigenvalue weighted by Crippen LogP contribution is -2.46. The van der Waals surface area contributed by atoms with Crippen molar-refractivity contribution in [1.29, 1.82) is 0 Å². The minimum absolute atomic E-state index is 0.153. The zero-order valence-electron chi connectivity index (χ0n) is 9.21. The van der Waals surface area contributed by atoms with Gasteiger partial charge in [-0.05, 0) is 19.8 Å². The number of hydrogen-bond donors (Lipinski definition) is 1. The Morgan fingerprint density at radius 3 is 2.29 bits per heavy atom. The molecule has 2 N–H and O–H groups in total. The molecule has 1 heterocycles. The maximum absolute atomic E-state index is 10.9. The fourth-order valence-electron chi connectivity index (χ4n) is 1.85. The molecular weight excluding hydrogens is 178 g/mol. The van der Waals surface area contributed by atoms with E-state index in [4.69, 9.17) is 5.73 Å². The standard InChI is InChI=1S/C10H19N3O/c1-8(12-3)10(2)4-6-13(7-5-10)9(11)14/h4-7H2,1-3H3,(H2,11,14). The van der Waals surface area contributed by atoms with Crippen LogP contribution in [-0.4, -0.2) is 36.8 Å². The molecule has 1 fully saturated rings. The first kappa shape index (κ1) is 11.0. The second-order valence-electron chi connectivity index (χ2n) is 4.19. The smallest absolute Gasteiger partial charge is 0.314 e. The molecule has 0 atom stereocenters. The van der Waals surface area contributed by atoms with Crippen molar-refractivity contribution in [3.63, 3.8) is 0 Å². The summed E-state index contributed by atoms with van der Waals surface area (Å²) in [5.74, 6) is 0. The minimum atomic E-state index is -0.307. The molecular formula is C10H19N3O. The van der Waals surface area contributed by atoms with E-state index in [1.165, 1.54) is 5.71 Å². The van der Waals surface area contributed by atoms with Gasteiger partial charge in [-0.15, -0.1) is 0 Å². The molecule has 0 aliphatic carbocycles. The van der Waals surface area contributed by atoms with Gasteiger partial charge in [0.1, 0.15) is 0 Å². The number of likely N-dealkylation sites (tertiary alicyclic amines) is 1. The SMILES string of the molecule is CN=C(C)C1(C)CCN(C(N)=O)CC1. The van der Waals surface area contributed by atoms with Crippen LogP contribution in [0.3, 0.4) is 0 Å². The van der Waals surface area contributed by atoms with Crippen LogP contribution >= 0.6 is 0 Å². The number of amides is 2. The Morgan fingerprint density at radius 1 is 1.43 bits per heavy atom. The Morgan fingerprint density at radius 2 is 1.93 bits per heavy atom. The molecule has 0 unspecified atom stereocenters. The number of primary amides is 1. The lowest BCUT2D eigenvalue weighted by atomic mass is 9.77. The number of hydrogen-bond acceptors (Lipinski definition) is 2. The first-order valence-corrected chi connectivity index (χ1v) is 4.98. The molecule has 14 heavy (non-hydrogen) atoms. The van der Waals surface area contributed by atoms with Crippen LogP contribution in [0.4, 0.5) is 4.79 Å². The highest BCUT2D eigenvalue weighted by Crippen LogP contribution is 2.32. The second-order valence-corrected chi connectivity index (χ2v) is 4.19. The molecule has 80 valence electrons. The van der Waals surface area contributed by atoms with Gasteiger partial charge in [-0.1, -0.05) is 6.92 Å². The van der Waals surface area contributed by atoms with E-state index in [9.17, 15) is 4.79 Å². The summed E-state index contributed by atoms with van der Waals surface area (Å²) >= 11 is 0. The van der Waals surface area contributed by atoms with Crippen molar-refractivity contribution in [2.45, 2.75) is 26.7 Å². The summed E-state index contributed by atoms with van der Waals surface area (Å²) in [7, 11) is 1.82. The number of aliphatic imine (C=N–C) groups is 1. The van der Waals surface area contributed by atoms with Gasteiger partial charge in [0.15, 0.2) is 0 Å². The van der Waals surface area contributed by atoms with Crippen LogP contribution in [0.15, 0.2) is 4.99 Å². The van der Waals surface area contributed by atoms with Gasteiger partial charge < -0.3 is 10.6 Å². The quantitative estimate of drug-likeness (QED) is 0.632. The number of urea groups is 1. The number of nitrogens with zero attached hydrogens (tertiary/aromatic N) is 2. The van der Waals surface area contributed by atoms with Crippen LogP contribution in [-0.2, 0) is 0 Å². The molecule has 1 saturated heterocycles. The third-order valence-electron chi connectivity index (χ3n) is 3.39. The number of nitrogens with two attached hydrogens (primary N) is 1. The van der Waals surface area contributed by atoms with E-state index in [1.807, 2.05) is 7.05 Å². The number of piperidine rings is 1. The first-order chi connectivity index (χ1) is 6.49. The molecule has 1 aliphatic rings. The van der Waals surface area contributed by atoms with Crippen molar-refractivity contribution < 1.29 is 4.79 Å². The van der Waals surface area contributed by atoms with Crippen LogP contribution in [0, 0.1) is 5.41 Å². The van der Waals surface area contributed by atoms with Gasteiger partial charge in [-0.25, -0.2) is 4.79 Å². The largest absolute Gasteiger partial charge is 0.351 e. The Balaban J connectivity index is 2.62. The van der Waals surface area contributed by atoms with Crippen molar-refractivity contribution in [1.82, 2.24) is 4.90 Å². The van der Waals surface area contributed by atoms with Crippen molar-refractivity contribution in [3.05, 3.63) is 0 Å². The number of rotatable bonds is 1. The predicted octanol–water partition coefficient (Wildman–Crippen LogP) is 1.26. The van der Waals surface area contributed by atoms with E-state index >= 15 is 0 Å². The average Bonchev–Trinajstić information content (AvgIpc) is 2.17. The Kier molecular flexibility index (Phi) is 3.13. The molecule has 4 nitrogen and oxygen atoms in total. The topological polar surface area (TPSA) is 58.7 Å². The minimum Gasteiger partial charge on any atom is -0.351 e. The van der Waals surface area contributed by atoms with Crippen LogP contribution in [0.25, 0.3) is 0 Å². The summed E-state index contributed by atoms with van der Waals surface area (Å²) in [6.45, 7) is 5.75. The lowest BCUT2D eigenvalue weighted by molar-refractivity contribution is 0.167. The molecule has 1 aliphatic heterocycles. The third-order valence-corrected chi connectivity index (χ3v) is 3.39. The Bertz CT molecular complexity index is 252. The van der Waals surface area contributed by atoms with Gasteiger partial charge in [0, 0.05) is 31.3 Å². The zero-order valence-corrected chi connectivity index (χ0v) is 9.21. The average molecular weight is 197 g/mol. The second kappa shape index (κ2) is 3.98. The van der Waals surface area contributed by atoms with Crippen LogP contribution in [0.1, 0.15) is 26.7 Å². The van der Waals surface area contributed by atoms with Gasteiger partial charge in [-0.2, -0.15) is 0 Å². The van der Waals surface area contributed by atoms with Crippen LogP contribution < -0.4 is 5.73 Å². The molecule has 4 heteroatoms. The molecule has 0 aromatic carbocycles. The number of carbonyl (C=O) groups excluding carboxylic acids is 1. The fourth-order valence-corrected chi connectivity index (χ4v) is 1.85. The highest BCUT2D eigenvalue weighted by Gasteiger charge is 2.33. The van der Waals surface area contributed by atoms with Crippen molar-refractivity contribution in [3.8, 4) is 0 Å². The van der Waals surface area contributed by atoms with Crippen LogP contribution in [0.5, 0.6) is 0 Å². The summed E-state index contributed by atoms with van der Waals surface area (Å²) in [4.78, 5) is 16.9. The normalized spacial score (nSPS) is 22.2. The van der Waals surface area contributed by atoms with Crippen molar-refractivity contribution in [2.75, 3.05) is 20.1 Å². The fraction of sp³-hybridized carbons (Fsp3) is 0.800. The Hall–Kier alpha value is -1.06. The molecule has 0 bridgehead atoms. The molecule has 0 saturated carbocycles. The summed E-state index contributed by atoms with van der Waals surface area (Å²) < 4.78 is 0. The zero-order chi connectivity index (χ0) is 10.8. The van der Waals surface area contributed by atoms with Gasteiger partial charge in [0.05, 0.1) is 0 Å². The van der Waals surface area contributed by atoms with Crippen LogP contribution in [0.2, 0.25) is 0 Å². The van der Waals surface area contributed by atoms with E-state index < -0.39 is 0 Å². The van der Waals surface area contributed by atoms with Gasteiger partial charge >= 0.3 is 6.03 Å². The number of carbonyl (C=O) groups is 1. The third kappa shape index (κ3) is 2.05. The van der Waals surface area contributed by atoms with E-state index in [2.05, 4.69) is 18.8 Å². The highest BCUT2D eigenvalue weighted by atomic mass is 16.2. The highest BCUT2D eigenvalue weighted by molar-refractivity contribution is 5.87. The Labute approximate surface area is 85.2 Å².